The summed E-state index contributed by atoms with van der Waals surface area (Å²) >= 11 is 1.33. The largest absolute Gasteiger partial charge is 0.502 e. The molecule has 0 radical (unpaired) electrons. The molecule has 0 aliphatic rings. The van der Waals surface area contributed by atoms with Crippen LogP contribution in [0.1, 0.15) is 21.1 Å². The number of hydrazine groups is 1. The van der Waals surface area contributed by atoms with E-state index in [0.29, 0.717) is 5.01 Å². The van der Waals surface area contributed by atoms with Crippen LogP contribution in [-0.2, 0) is 21.2 Å². The second kappa shape index (κ2) is 9.62. The molecule has 3 aromatic rings. The van der Waals surface area contributed by atoms with E-state index in [4.69, 9.17) is 0 Å². The van der Waals surface area contributed by atoms with Crippen LogP contribution in [0.25, 0.3) is 0 Å². The fraction of sp³-hybridized carbons (Fsp3) is 0.105. The number of anilines is 1. The molecule has 14 heteroatoms. The van der Waals surface area contributed by atoms with E-state index in [1.54, 1.807) is 12.3 Å². The van der Waals surface area contributed by atoms with Crippen molar-refractivity contribution < 1.29 is 28.0 Å². The third kappa shape index (κ3) is 6.02. The van der Waals surface area contributed by atoms with Gasteiger partial charge in [-0.2, -0.15) is 0 Å². The Labute approximate surface area is 191 Å². The van der Waals surface area contributed by atoms with Crippen LogP contribution in [0, 0.1) is 17.0 Å². The third-order valence-electron chi connectivity index (χ3n) is 4.15. The van der Waals surface area contributed by atoms with Gasteiger partial charge in [-0.25, -0.2) is 13.4 Å². The number of thiazole rings is 1. The molecular formula is C19H17N5O7S2. The third-order valence-corrected chi connectivity index (χ3v) is 6.49. The maximum absolute atomic E-state index is 12.5. The number of hydrogen-bond acceptors (Lipinski definition) is 9. The molecule has 0 saturated carbocycles. The number of carbonyl (C=O) groups excluding carboxylic acids is 2. The van der Waals surface area contributed by atoms with Gasteiger partial charge in [0, 0.05) is 28.4 Å². The zero-order valence-electron chi connectivity index (χ0n) is 16.9. The van der Waals surface area contributed by atoms with E-state index in [1.165, 1.54) is 35.6 Å². The number of sulfonamides is 1. The zero-order valence-corrected chi connectivity index (χ0v) is 18.6. The molecule has 1 heterocycles. The SMILES string of the molecule is Cc1csc(CC(=O)NNC(=O)c2ccc(NS(=O)(=O)c3ccc(O)c([N+](=O)[O-])c3)cc2)n1. The number of amides is 2. The van der Waals surface area contributed by atoms with E-state index in [1.807, 2.05) is 0 Å². The molecule has 0 unspecified atom stereocenters. The van der Waals surface area contributed by atoms with E-state index < -0.39 is 43.1 Å². The molecule has 2 aromatic carbocycles. The lowest BCUT2D eigenvalue weighted by Gasteiger charge is -2.10. The van der Waals surface area contributed by atoms with Gasteiger partial charge in [0.2, 0.25) is 5.91 Å². The molecule has 0 atom stereocenters. The molecule has 0 fully saturated rings. The summed E-state index contributed by atoms with van der Waals surface area (Å²) in [5.41, 5.74) is 4.80. The fourth-order valence-corrected chi connectivity index (χ4v) is 4.43. The van der Waals surface area contributed by atoms with E-state index in [9.17, 15) is 33.2 Å². The van der Waals surface area contributed by atoms with Gasteiger partial charge in [-0.3, -0.25) is 35.3 Å². The van der Waals surface area contributed by atoms with Gasteiger partial charge in [-0.1, -0.05) is 0 Å². The number of aromatic hydroxyl groups is 1. The summed E-state index contributed by atoms with van der Waals surface area (Å²) in [5.74, 6) is -1.74. The first-order valence-corrected chi connectivity index (χ1v) is 11.5. The number of nitrogens with zero attached hydrogens (tertiary/aromatic N) is 2. The Morgan fingerprint density at radius 2 is 1.85 bits per heavy atom. The van der Waals surface area contributed by atoms with Crippen molar-refractivity contribution in [2.75, 3.05) is 4.72 Å². The Morgan fingerprint density at radius 1 is 1.15 bits per heavy atom. The summed E-state index contributed by atoms with van der Waals surface area (Å²) in [6.07, 6.45) is 0.00886. The van der Waals surface area contributed by atoms with E-state index in [0.717, 1.165) is 23.9 Å². The molecule has 0 spiro atoms. The highest BCUT2D eigenvalue weighted by Crippen LogP contribution is 2.29. The molecule has 0 aliphatic heterocycles. The summed E-state index contributed by atoms with van der Waals surface area (Å²) in [5, 5.41) is 22.8. The van der Waals surface area contributed by atoms with E-state index >= 15 is 0 Å². The Hall–Kier alpha value is -4.04. The predicted octanol–water partition coefficient (Wildman–Crippen LogP) is 1.87. The summed E-state index contributed by atoms with van der Waals surface area (Å²) in [6.45, 7) is 1.80. The zero-order chi connectivity index (χ0) is 24.2. The molecule has 33 heavy (non-hydrogen) atoms. The second-order valence-electron chi connectivity index (χ2n) is 6.65. The molecule has 1 aromatic heterocycles. The van der Waals surface area contributed by atoms with Crippen LogP contribution in [0.4, 0.5) is 11.4 Å². The number of rotatable bonds is 7. The van der Waals surface area contributed by atoms with Crippen molar-refractivity contribution in [3.05, 3.63) is 74.2 Å². The smallest absolute Gasteiger partial charge is 0.312 e. The van der Waals surface area contributed by atoms with Gasteiger partial charge >= 0.3 is 5.69 Å². The summed E-state index contributed by atoms with van der Waals surface area (Å²) in [6, 6.07) is 7.91. The number of phenolic OH excluding ortho intramolecular Hbond substituents is 1. The van der Waals surface area contributed by atoms with Crippen molar-refractivity contribution in [2.45, 2.75) is 18.2 Å². The first-order valence-electron chi connectivity index (χ1n) is 9.15. The maximum atomic E-state index is 12.5. The Bertz CT molecular complexity index is 1320. The number of carbonyl (C=O) groups is 2. The van der Waals surface area contributed by atoms with Crippen molar-refractivity contribution in [1.82, 2.24) is 15.8 Å². The fourth-order valence-electron chi connectivity index (χ4n) is 2.58. The van der Waals surface area contributed by atoms with E-state index in [-0.39, 0.29) is 17.7 Å². The van der Waals surface area contributed by atoms with Gasteiger partial charge in [0.05, 0.1) is 16.2 Å². The number of nitro groups is 1. The molecule has 0 saturated heterocycles. The lowest BCUT2D eigenvalue weighted by Crippen LogP contribution is -2.42. The second-order valence-corrected chi connectivity index (χ2v) is 9.28. The molecule has 12 nitrogen and oxygen atoms in total. The molecule has 0 aliphatic carbocycles. The Kier molecular flexibility index (Phi) is 6.89. The molecule has 0 bridgehead atoms. The van der Waals surface area contributed by atoms with Crippen LogP contribution in [-0.4, -0.2) is 35.2 Å². The van der Waals surface area contributed by atoms with Gasteiger partial charge in [-0.15, -0.1) is 11.3 Å². The number of aryl methyl sites for hydroxylation is 1. The lowest BCUT2D eigenvalue weighted by molar-refractivity contribution is -0.386. The van der Waals surface area contributed by atoms with Crippen LogP contribution in [0.2, 0.25) is 0 Å². The van der Waals surface area contributed by atoms with Gasteiger partial charge in [0.1, 0.15) is 5.01 Å². The minimum atomic E-state index is -4.20. The Morgan fingerprint density at radius 3 is 2.45 bits per heavy atom. The highest BCUT2D eigenvalue weighted by Gasteiger charge is 2.21. The number of phenols is 1. The normalized spacial score (nSPS) is 10.9. The van der Waals surface area contributed by atoms with Crippen LogP contribution < -0.4 is 15.6 Å². The first kappa shape index (κ1) is 23.6. The molecule has 4 N–H and O–H groups in total. The van der Waals surface area contributed by atoms with Crippen LogP contribution >= 0.6 is 11.3 Å². The van der Waals surface area contributed by atoms with E-state index in [2.05, 4.69) is 20.6 Å². The summed E-state index contributed by atoms with van der Waals surface area (Å²) < 4.78 is 27.2. The number of benzene rings is 2. The average Bonchev–Trinajstić information content (AvgIpc) is 3.16. The van der Waals surface area contributed by atoms with Gasteiger partial charge < -0.3 is 5.11 Å². The highest BCUT2D eigenvalue weighted by molar-refractivity contribution is 7.92. The van der Waals surface area contributed by atoms with Crippen LogP contribution in [0.15, 0.2) is 52.7 Å². The standard InChI is InChI=1S/C19H17N5O7S2/c1-11-10-32-18(20-11)9-17(26)21-22-19(27)12-2-4-13(5-3-12)23-33(30,31)14-6-7-16(25)15(8-14)24(28)29/h2-8,10,23,25H,9H2,1H3,(H,21,26)(H,22,27). The first-order chi connectivity index (χ1) is 15.5. The molecule has 172 valence electrons. The van der Waals surface area contributed by atoms with Gasteiger partial charge in [-0.05, 0) is 43.3 Å². The Balaban J connectivity index is 1.61. The van der Waals surface area contributed by atoms with Crippen molar-refractivity contribution >= 4 is 44.5 Å². The topological polar surface area (TPSA) is 181 Å². The van der Waals surface area contributed by atoms with Crippen molar-refractivity contribution in [3.63, 3.8) is 0 Å². The minimum Gasteiger partial charge on any atom is -0.502 e. The molecular weight excluding hydrogens is 474 g/mol. The lowest BCUT2D eigenvalue weighted by atomic mass is 10.2. The van der Waals surface area contributed by atoms with Crippen LogP contribution in [0.3, 0.4) is 0 Å². The number of nitro benzene ring substituents is 1. The number of nitrogens with one attached hydrogen (secondary N) is 3. The summed E-state index contributed by atoms with van der Waals surface area (Å²) in [4.78, 5) is 37.8. The minimum absolute atomic E-state index is 0.00886. The van der Waals surface area contributed by atoms with Crippen molar-refractivity contribution in [1.29, 1.82) is 0 Å². The number of aromatic nitrogens is 1. The maximum Gasteiger partial charge on any atom is 0.312 e. The van der Waals surface area contributed by atoms with Crippen LogP contribution in [0.5, 0.6) is 5.75 Å². The van der Waals surface area contributed by atoms with Crippen molar-refractivity contribution in [2.24, 2.45) is 0 Å². The number of hydrogen-bond donors (Lipinski definition) is 4. The quantitative estimate of drug-likeness (QED) is 0.285. The predicted molar refractivity (Wildman–Crippen MR) is 118 cm³/mol. The average molecular weight is 492 g/mol. The van der Waals surface area contributed by atoms with Crippen molar-refractivity contribution in [3.8, 4) is 5.75 Å². The summed E-state index contributed by atoms with van der Waals surface area (Å²) in [7, 11) is -4.20. The van der Waals surface area contributed by atoms with Gasteiger partial charge in [0.25, 0.3) is 15.9 Å². The highest BCUT2D eigenvalue weighted by atomic mass is 32.2. The monoisotopic (exact) mass is 491 g/mol. The molecule has 2 amide bonds. The van der Waals surface area contributed by atoms with Gasteiger partial charge in [0.15, 0.2) is 5.75 Å². The molecule has 3 rings (SSSR count).